The lowest BCUT2D eigenvalue weighted by atomic mass is 10.3. The first-order chi connectivity index (χ1) is 9.27. The standard InChI is InChI=1S/C10H10ClF2NO5S/c11-20(16,17)7-1-8(14(2-7)3-9(12)13)10(15)19-6-4-18-5-6/h1-2,6,9H,3-5H2. The molecule has 0 radical (unpaired) electrons. The lowest BCUT2D eigenvalue weighted by Crippen LogP contribution is -2.38. The Labute approximate surface area is 117 Å². The second-order valence-corrected chi connectivity index (χ2v) is 6.67. The molecule has 112 valence electrons. The number of alkyl halides is 2. The Morgan fingerprint density at radius 1 is 1.55 bits per heavy atom. The summed E-state index contributed by atoms with van der Waals surface area (Å²) in [6, 6.07) is 0.909. The summed E-state index contributed by atoms with van der Waals surface area (Å²) < 4.78 is 57.8. The number of esters is 1. The normalized spacial score (nSPS) is 16.2. The molecule has 2 rings (SSSR count). The van der Waals surface area contributed by atoms with E-state index in [0.29, 0.717) is 0 Å². The van der Waals surface area contributed by atoms with Crippen LogP contribution in [0.5, 0.6) is 0 Å². The van der Waals surface area contributed by atoms with E-state index in [9.17, 15) is 22.0 Å². The van der Waals surface area contributed by atoms with Crippen molar-refractivity contribution in [2.75, 3.05) is 13.2 Å². The molecule has 1 aromatic heterocycles. The summed E-state index contributed by atoms with van der Waals surface area (Å²) in [5, 5.41) is 0. The molecule has 0 spiro atoms. The van der Waals surface area contributed by atoms with Crippen molar-refractivity contribution in [3.63, 3.8) is 0 Å². The molecule has 1 fully saturated rings. The van der Waals surface area contributed by atoms with Gasteiger partial charge in [0, 0.05) is 16.9 Å². The SMILES string of the molecule is O=C(OC1COC1)c1cc(S(=O)(=O)Cl)cn1CC(F)F. The van der Waals surface area contributed by atoms with Gasteiger partial charge in [0.15, 0.2) is 0 Å². The first-order valence-corrected chi connectivity index (χ1v) is 7.80. The van der Waals surface area contributed by atoms with E-state index in [1.54, 1.807) is 0 Å². The number of carbonyl (C=O) groups excluding carboxylic acids is 1. The molecule has 0 atom stereocenters. The summed E-state index contributed by atoms with van der Waals surface area (Å²) in [5.41, 5.74) is -0.295. The zero-order valence-corrected chi connectivity index (χ0v) is 11.5. The lowest BCUT2D eigenvalue weighted by Gasteiger charge is -2.25. The molecule has 0 amide bonds. The van der Waals surface area contributed by atoms with E-state index in [1.165, 1.54) is 0 Å². The predicted molar refractivity (Wildman–Crippen MR) is 63.5 cm³/mol. The monoisotopic (exact) mass is 329 g/mol. The van der Waals surface area contributed by atoms with Crippen molar-refractivity contribution in [1.82, 2.24) is 4.57 Å². The Morgan fingerprint density at radius 2 is 2.20 bits per heavy atom. The highest BCUT2D eigenvalue weighted by Crippen LogP contribution is 2.21. The van der Waals surface area contributed by atoms with Crippen molar-refractivity contribution in [2.45, 2.75) is 24.0 Å². The number of aromatic nitrogens is 1. The molecule has 0 aliphatic carbocycles. The number of carbonyl (C=O) groups is 1. The van der Waals surface area contributed by atoms with Crippen LogP contribution in [0.15, 0.2) is 17.2 Å². The van der Waals surface area contributed by atoms with E-state index in [2.05, 4.69) is 0 Å². The molecule has 2 heterocycles. The van der Waals surface area contributed by atoms with Gasteiger partial charge in [-0.05, 0) is 6.07 Å². The van der Waals surface area contributed by atoms with Gasteiger partial charge in [0.2, 0.25) is 0 Å². The number of hydrogen-bond donors (Lipinski definition) is 0. The third-order valence-corrected chi connectivity index (χ3v) is 3.90. The first kappa shape index (κ1) is 15.2. The Bertz CT molecular complexity index is 611. The molecule has 0 bridgehead atoms. The molecule has 1 aromatic rings. The van der Waals surface area contributed by atoms with Crippen LogP contribution in [0, 0.1) is 0 Å². The molecule has 10 heteroatoms. The van der Waals surface area contributed by atoms with Crippen molar-refractivity contribution in [1.29, 1.82) is 0 Å². The third-order valence-electron chi connectivity index (χ3n) is 2.58. The Hall–Kier alpha value is -1.19. The van der Waals surface area contributed by atoms with Gasteiger partial charge in [-0.15, -0.1) is 0 Å². The molecule has 0 saturated carbocycles. The van der Waals surface area contributed by atoms with Crippen LogP contribution in [-0.4, -0.2) is 44.7 Å². The van der Waals surface area contributed by atoms with Crippen LogP contribution >= 0.6 is 10.7 Å². The van der Waals surface area contributed by atoms with Gasteiger partial charge in [-0.1, -0.05) is 0 Å². The molecule has 1 saturated heterocycles. The maximum atomic E-state index is 12.4. The van der Waals surface area contributed by atoms with E-state index in [-0.39, 0.29) is 18.9 Å². The second-order valence-electron chi connectivity index (χ2n) is 4.11. The van der Waals surface area contributed by atoms with Crippen LogP contribution in [0.25, 0.3) is 0 Å². The number of hydrogen-bond acceptors (Lipinski definition) is 5. The molecular weight excluding hydrogens is 320 g/mol. The lowest BCUT2D eigenvalue weighted by molar-refractivity contribution is -0.104. The molecular formula is C10H10ClF2NO5S. The van der Waals surface area contributed by atoms with Crippen LogP contribution in [-0.2, 0) is 25.1 Å². The van der Waals surface area contributed by atoms with Gasteiger partial charge in [-0.2, -0.15) is 0 Å². The minimum absolute atomic E-state index is 0.224. The Kier molecular flexibility index (Phi) is 4.31. The van der Waals surface area contributed by atoms with Crippen molar-refractivity contribution < 1.29 is 31.5 Å². The van der Waals surface area contributed by atoms with Crippen molar-refractivity contribution in [2.24, 2.45) is 0 Å². The van der Waals surface area contributed by atoms with Crippen molar-refractivity contribution in [3.05, 3.63) is 18.0 Å². The van der Waals surface area contributed by atoms with Gasteiger partial charge >= 0.3 is 5.97 Å². The number of rotatable bonds is 5. The second kappa shape index (κ2) is 5.66. The van der Waals surface area contributed by atoms with E-state index < -0.39 is 39.0 Å². The zero-order chi connectivity index (χ0) is 14.9. The quantitative estimate of drug-likeness (QED) is 0.600. The molecule has 1 aliphatic heterocycles. The van der Waals surface area contributed by atoms with Crippen LogP contribution < -0.4 is 0 Å². The minimum Gasteiger partial charge on any atom is -0.453 e. The van der Waals surface area contributed by atoms with Gasteiger partial charge < -0.3 is 14.0 Å². The molecule has 20 heavy (non-hydrogen) atoms. The van der Waals surface area contributed by atoms with Crippen LogP contribution in [0.3, 0.4) is 0 Å². The maximum absolute atomic E-state index is 12.4. The van der Waals surface area contributed by atoms with Crippen LogP contribution in [0.1, 0.15) is 10.5 Å². The molecule has 6 nitrogen and oxygen atoms in total. The summed E-state index contributed by atoms with van der Waals surface area (Å²) >= 11 is 0. The van der Waals surface area contributed by atoms with Gasteiger partial charge in [0.05, 0.1) is 19.8 Å². The largest absolute Gasteiger partial charge is 0.453 e. The average molecular weight is 330 g/mol. The third kappa shape index (κ3) is 3.47. The summed E-state index contributed by atoms with van der Waals surface area (Å²) in [4.78, 5) is 11.4. The van der Waals surface area contributed by atoms with Gasteiger partial charge in [0.1, 0.15) is 16.7 Å². The summed E-state index contributed by atoms with van der Waals surface area (Å²) in [6.07, 6.45) is -2.33. The number of halogens is 3. The summed E-state index contributed by atoms with van der Waals surface area (Å²) in [7, 11) is 1.01. The molecule has 0 aromatic carbocycles. The van der Waals surface area contributed by atoms with E-state index in [1.807, 2.05) is 0 Å². The molecule has 1 aliphatic rings. The van der Waals surface area contributed by atoms with E-state index in [0.717, 1.165) is 16.8 Å². The average Bonchev–Trinajstić information content (AvgIpc) is 2.65. The van der Waals surface area contributed by atoms with Crippen molar-refractivity contribution in [3.8, 4) is 0 Å². The molecule has 0 N–H and O–H groups in total. The highest BCUT2D eigenvalue weighted by molar-refractivity contribution is 8.13. The minimum atomic E-state index is -4.12. The highest BCUT2D eigenvalue weighted by Gasteiger charge is 2.27. The van der Waals surface area contributed by atoms with Crippen molar-refractivity contribution >= 4 is 25.7 Å². The topological polar surface area (TPSA) is 74.6 Å². The van der Waals surface area contributed by atoms with Crippen LogP contribution in [0.2, 0.25) is 0 Å². The fraction of sp³-hybridized carbons (Fsp3) is 0.500. The molecule has 0 unspecified atom stereocenters. The summed E-state index contributed by atoms with van der Waals surface area (Å²) in [5.74, 6) is -0.898. The van der Waals surface area contributed by atoms with E-state index in [4.69, 9.17) is 20.2 Å². The number of ether oxygens (including phenoxy) is 2. The van der Waals surface area contributed by atoms with Crippen LogP contribution in [0.4, 0.5) is 8.78 Å². The highest BCUT2D eigenvalue weighted by atomic mass is 35.7. The Balaban J connectivity index is 2.28. The first-order valence-electron chi connectivity index (χ1n) is 5.49. The smallest absolute Gasteiger partial charge is 0.355 e. The maximum Gasteiger partial charge on any atom is 0.355 e. The predicted octanol–water partition coefficient (Wildman–Crippen LogP) is 1.24. The fourth-order valence-electron chi connectivity index (χ4n) is 1.58. The fourth-order valence-corrected chi connectivity index (χ4v) is 2.34. The van der Waals surface area contributed by atoms with Gasteiger partial charge in [-0.3, -0.25) is 0 Å². The van der Waals surface area contributed by atoms with Gasteiger partial charge in [-0.25, -0.2) is 22.0 Å². The Morgan fingerprint density at radius 3 is 2.65 bits per heavy atom. The summed E-state index contributed by atoms with van der Waals surface area (Å²) in [6.45, 7) is -0.387. The van der Waals surface area contributed by atoms with E-state index >= 15 is 0 Å². The zero-order valence-electron chi connectivity index (χ0n) is 9.96. The van der Waals surface area contributed by atoms with Gasteiger partial charge in [0.25, 0.3) is 15.5 Å². The number of nitrogens with zero attached hydrogens (tertiary/aromatic N) is 1.